The molecule has 3 rings (SSSR count). The third-order valence-corrected chi connectivity index (χ3v) is 5.43. The van der Waals surface area contributed by atoms with Crippen LogP contribution in [0.15, 0.2) is 29.3 Å². The quantitative estimate of drug-likeness (QED) is 0.621. The topological polar surface area (TPSA) is 60.0 Å². The summed E-state index contributed by atoms with van der Waals surface area (Å²) in [5.41, 5.74) is 2.79. The first kappa shape index (κ1) is 18.5. The zero-order chi connectivity index (χ0) is 18.5. The maximum absolute atomic E-state index is 11.8. The Morgan fingerprint density at radius 2 is 2.15 bits per heavy atom. The molecule has 26 heavy (non-hydrogen) atoms. The summed E-state index contributed by atoms with van der Waals surface area (Å²) in [6, 6.07) is 9.33. The Balaban J connectivity index is 1.48. The zero-order valence-electron chi connectivity index (χ0n) is 16.2. The van der Waals surface area contributed by atoms with Gasteiger partial charge < -0.3 is 20.4 Å². The van der Waals surface area contributed by atoms with Crippen LogP contribution in [0, 0.1) is 0 Å². The van der Waals surface area contributed by atoms with Crippen LogP contribution in [0.1, 0.15) is 32.3 Å². The lowest BCUT2D eigenvalue weighted by Crippen LogP contribution is -2.49. The number of hydrogen-bond acceptors (Lipinski definition) is 3. The molecule has 1 aromatic rings. The van der Waals surface area contributed by atoms with Crippen LogP contribution in [0.25, 0.3) is 0 Å². The number of carbonyl (C=O) groups is 1. The molecule has 2 N–H and O–H groups in total. The maximum Gasteiger partial charge on any atom is 0.222 e. The average molecular weight is 358 g/mol. The first-order valence-corrected chi connectivity index (χ1v) is 9.71. The molecule has 142 valence electrons. The number of hydrogen-bond donors (Lipinski definition) is 2. The number of nitrogens with one attached hydrogen (secondary N) is 2. The van der Waals surface area contributed by atoms with Crippen LogP contribution < -0.4 is 15.5 Å². The van der Waals surface area contributed by atoms with Crippen LogP contribution in [0.3, 0.4) is 0 Å². The minimum absolute atomic E-state index is 0.235. The zero-order valence-corrected chi connectivity index (χ0v) is 16.2. The van der Waals surface area contributed by atoms with Crippen LogP contribution in [0.2, 0.25) is 0 Å². The molecule has 0 radical (unpaired) electrons. The van der Waals surface area contributed by atoms with Gasteiger partial charge in [-0.15, -0.1) is 0 Å². The highest BCUT2D eigenvalue weighted by molar-refractivity contribution is 5.80. The molecule has 0 spiro atoms. The third-order valence-electron chi connectivity index (χ3n) is 5.43. The molecule has 1 fully saturated rings. The van der Waals surface area contributed by atoms with Gasteiger partial charge in [-0.2, -0.15) is 0 Å². The van der Waals surface area contributed by atoms with Crippen molar-refractivity contribution < 1.29 is 4.79 Å². The minimum Gasteiger partial charge on any atom is -0.366 e. The summed E-state index contributed by atoms with van der Waals surface area (Å²) in [6.45, 7) is 7.68. The lowest BCUT2D eigenvalue weighted by atomic mass is 10.2. The van der Waals surface area contributed by atoms with Gasteiger partial charge in [0.1, 0.15) is 0 Å². The summed E-state index contributed by atoms with van der Waals surface area (Å²) >= 11 is 0. The highest BCUT2D eigenvalue weighted by Crippen LogP contribution is 2.28. The Kier molecular flexibility index (Phi) is 6.01. The van der Waals surface area contributed by atoms with Crippen molar-refractivity contribution in [3.05, 3.63) is 29.8 Å². The third kappa shape index (κ3) is 4.11. The predicted octanol–water partition coefficient (Wildman–Crippen LogP) is 1.61. The van der Waals surface area contributed by atoms with Crippen molar-refractivity contribution in [2.45, 2.75) is 45.2 Å². The summed E-state index contributed by atoms with van der Waals surface area (Å²) in [5, 5.41) is 6.92. The molecule has 2 aliphatic rings. The molecule has 2 aliphatic heterocycles. The molecule has 1 amide bonds. The van der Waals surface area contributed by atoms with Crippen LogP contribution in [0.4, 0.5) is 5.69 Å². The number of amides is 1. The Morgan fingerprint density at radius 1 is 1.35 bits per heavy atom. The fourth-order valence-corrected chi connectivity index (χ4v) is 3.89. The molecule has 0 aliphatic carbocycles. The van der Waals surface area contributed by atoms with E-state index in [0.29, 0.717) is 12.5 Å². The first-order chi connectivity index (χ1) is 12.6. The van der Waals surface area contributed by atoms with E-state index in [1.165, 1.54) is 11.3 Å². The van der Waals surface area contributed by atoms with E-state index in [-0.39, 0.29) is 11.9 Å². The van der Waals surface area contributed by atoms with Crippen molar-refractivity contribution in [1.82, 2.24) is 15.5 Å². The van der Waals surface area contributed by atoms with E-state index in [1.807, 2.05) is 11.8 Å². The summed E-state index contributed by atoms with van der Waals surface area (Å²) in [5.74, 6) is 1.05. The second-order valence-electron chi connectivity index (χ2n) is 7.20. The van der Waals surface area contributed by atoms with Gasteiger partial charge in [-0.25, -0.2) is 0 Å². The molecule has 6 nitrogen and oxygen atoms in total. The molecule has 1 aromatic carbocycles. The number of nitrogens with zero attached hydrogens (tertiary/aromatic N) is 3. The Morgan fingerprint density at radius 3 is 2.92 bits per heavy atom. The van der Waals surface area contributed by atoms with Crippen LogP contribution in [0.5, 0.6) is 0 Å². The number of para-hydroxylation sites is 1. The number of fused-ring (bicyclic) bond motifs is 1. The fraction of sp³-hybridized carbons (Fsp3) is 0.600. The van der Waals surface area contributed by atoms with E-state index in [9.17, 15) is 4.79 Å². The number of guanidine groups is 1. The van der Waals surface area contributed by atoms with Gasteiger partial charge >= 0.3 is 0 Å². The standard InChI is InChI=1S/C20H31N5O/c1-4-19(26)24-11-10-17(14-24)23-20(21-3)22-13-15(2)25-12-9-16-7-5-6-8-18(16)25/h5-8,15,17H,4,9-14H2,1-3H3,(H2,21,22,23). The normalized spacial score (nSPS) is 20.9. The highest BCUT2D eigenvalue weighted by atomic mass is 16.2. The number of rotatable bonds is 5. The molecule has 2 atom stereocenters. The van der Waals surface area contributed by atoms with Gasteiger partial charge in [0, 0.05) is 57.4 Å². The van der Waals surface area contributed by atoms with Gasteiger partial charge in [0.2, 0.25) is 5.91 Å². The van der Waals surface area contributed by atoms with Gasteiger partial charge in [-0.1, -0.05) is 25.1 Å². The van der Waals surface area contributed by atoms with Crippen LogP contribution in [-0.2, 0) is 11.2 Å². The lowest BCUT2D eigenvalue weighted by Gasteiger charge is -2.28. The molecular weight excluding hydrogens is 326 g/mol. The second kappa shape index (κ2) is 8.43. The predicted molar refractivity (Wildman–Crippen MR) is 107 cm³/mol. The smallest absolute Gasteiger partial charge is 0.222 e. The van der Waals surface area contributed by atoms with E-state index < -0.39 is 0 Å². The molecule has 6 heteroatoms. The maximum atomic E-state index is 11.8. The molecule has 0 aromatic heterocycles. The summed E-state index contributed by atoms with van der Waals surface area (Å²) in [4.78, 5) is 20.6. The van der Waals surface area contributed by atoms with Crippen molar-refractivity contribution in [1.29, 1.82) is 0 Å². The molecular formula is C20H31N5O. The van der Waals surface area contributed by atoms with Crippen molar-refractivity contribution >= 4 is 17.6 Å². The number of likely N-dealkylation sites (tertiary alicyclic amines) is 1. The summed E-state index contributed by atoms with van der Waals surface area (Å²) < 4.78 is 0. The first-order valence-electron chi connectivity index (χ1n) is 9.71. The molecule has 2 heterocycles. The van der Waals surface area contributed by atoms with Crippen molar-refractivity contribution in [2.24, 2.45) is 4.99 Å². The van der Waals surface area contributed by atoms with E-state index in [1.54, 1.807) is 7.05 Å². The highest BCUT2D eigenvalue weighted by Gasteiger charge is 2.26. The number of aliphatic imine (C=N–C) groups is 1. The van der Waals surface area contributed by atoms with Crippen LogP contribution >= 0.6 is 0 Å². The number of carbonyl (C=O) groups excluding carboxylic acids is 1. The van der Waals surface area contributed by atoms with Crippen molar-refractivity contribution in [3.8, 4) is 0 Å². The van der Waals surface area contributed by atoms with Gasteiger partial charge in [0.25, 0.3) is 0 Å². The molecule has 0 saturated carbocycles. The van der Waals surface area contributed by atoms with Crippen molar-refractivity contribution in [3.63, 3.8) is 0 Å². The minimum atomic E-state index is 0.235. The number of benzene rings is 1. The van der Waals surface area contributed by atoms with Gasteiger partial charge in [0.15, 0.2) is 5.96 Å². The molecule has 2 unspecified atom stereocenters. The second-order valence-corrected chi connectivity index (χ2v) is 7.20. The molecule has 1 saturated heterocycles. The average Bonchev–Trinajstić information content (AvgIpc) is 3.31. The summed E-state index contributed by atoms with van der Waals surface area (Å²) in [6.07, 6.45) is 2.67. The Labute approximate surface area is 156 Å². The number of anilines is 1. The van der Waals surface area contributed by atoms with Crippen LogP contribution in [-0.4, -0.2) is 62.1 Å². The van der Waals surface area contributed by atoms with E-state index >= 15 is 0 Å². The summed E-state index contributed by atoms with van der Waals surface area (Å²) in [7, 11) is 1.80. The van der Waals surface area contributed by atoms with E-state index in [0.717, 1.165) is 45.0 Å². The van der Waals surface area contributed by atoms with Gasteiger partial charge in [0.05, 0.1) is 0 Å². The SMILES string of the molecule is CCC(=O)N1CCC(NC(=NC)NCC(C)N2CCc3ccccc32)C1. The molecule has 0 bridgehead atoms. The Bertz CT molecular complexity index is 659. The monoisotopic (exact) mass is 357 g/mol. The Hall–Kier alpha value is -2.24. The van der Waals surface area contributed by atoms with Gasteiger partial charge in [-0.3, -0.25) is 9.79 Å². The fourth-order valence-electron chi connectivity index (χ4n) is 3.89. The van der Waals surface area contributed by atoms with E-state index in [4.69, 9.17) is 0 Å². The lowest BCUT2D eigenvalue weighted by molar-refractivity contribution is -0.129. The van der Waals surface area contributed by atoms with Crippen molar-refractivity contribution in [2.75, 3.05) is 38.1 Å². The van der Waals surface area contributed by atoms with E-state index in [2.05, 4.69) is 51.7 Å². The van der Waals surface area contributed by atoms with Gasteiger partial charge in [-0.05, 0) is 31.4 Å². The largest absolute Gasteiger partial charge is 0.366 e.